The Morgan fingerprint density at radius 3 is 2.86 bits per heavy atom. The van der Waals surface area contributed by atoms with Gasteiger partial charge in [-0.25, -0.2) is 0 Å². The predicted molar refractivity (Wildman–Crippen MR) is 78.3 cm³/mol. The highest BCUT2D eigenvalue weighted by Crippen LogP contribution is 2.29. The molecule has 0 aliphatic carbocycles. The molecule has 1 aromatic rings. The molecule has 2 atom stereocenters. The van der Waals surface area contributed by atoms with Gasteiger partial charge in [-0.3, -0.25) is 14.9 Å². The number of aliphatic hydroxyl groups is 1. The van der Waals surface area contributed by atoms with Crippen molar-refractivity contribution in [3.8, 4) is 0 Å². The molecular formula is C14H19N3O4. The minimum absolute atomic E-state index is 0.0671. The minimum Gasteiger partial charge on any atom is -0.394 e. The lowest BCUT2D eigenvalue weighted by Gasteiger charge is -2.25. The van der Waals surface area contributed by atoms with Crippen LogP contribution in [-0.4, -0.2) is 47.1 Å². The summed E-state index contributed by atoms with van der Waals surface area (Å²) < 4.78 is 0. The van der Waals surface area contributed by atoms with Gasteiger partial charge in [-0.15, -0.1) is 0 Å². The quantitative estimate of drug-likeness (QED) is 0.647. The Morgan fingerprint density at radius 2 is 2.29 bits per heavy atom. The van der Waals surface area contributed by atoms with E-state index < -0.39 is 4.92 Å². The molecule has 2 N–H and O–H groups in total. The Hall–Kier alpha value is -2.15. The first-order valence-corrected chi connectivity index (χ1v) is 6.87. The van der Waals surface area contributed by atoms with Crippen LogP contribution < -0.4 is 5.32 Å². The number of hydrogen-bond acceptors (Lipinski definition) is 5. The van der Waals surface area contributed by atoms with Crippen molar-refractivity contribution in [2.75, 3.05) is 25.5 Å². The number of nitrogens with zero attached hydrogens (tertiary/aromatic N) is 2. The number of hydrogen-bond donors (Lipinski definition) is 2. The van der Waals surface area contributed by atoms with Crippen LogP contribution in [0.1, 0.15) is 23.7 Å². The fraction of sp³-hybridized carbons (Fsp3) is 0.500. The molecule has 114 valence electrons. The third kappa shape index (κ3) is 2.82. The molecule has 1 aliphatic heterocycles. The predicted octanol–water partition coefficient (Wildman–Crippen LogP) is 1.48. The fourth-order valence-electron chi connectivity index (χ4n) is 2.73. The summed E-state index contributed by atoms with van der Waals surface area (Å²) >= 11 is 0. The number of carbonyl (C=O) groups excluding carboxylic acids is 1. The number of rotatable bonds is 4. The van der Waals surface area contributed by atoms with Crippen molar-refractivity contribution in [3.05, 3.63) is 33.9 Å². The lowest BCUT2D eigenvalue weighted by Crippen LogP contribution is -2.39. The standard InChI is InChI=1S/C14H19N3O4/c1-9-5-6-16(13(9)8-18)14(19)10-3-4-12(17(20)21)11(7-10)15-2/h3-4,7,9,13,15,18H,5-6,8H2,1-2H3. The smallest absolute Gasteiger partial charge is 0.292 e. The number of benzene rings is 1. The highest BCUT2D eigenvalue weighted by molar-refractivity contribution is 5.96. The lowest BCUT2D eigenvalue weighted by molar-refractivity contribution is -0.383. The number of anilines is 1. The molecule has 1 saturated heterocycles. The molecule has 0 radical (unpaired) electrons. The van der Waals surface area contributed by atoms with Crippen LogP contribution in [0, 0.1) is 16.0 Å². The first kappa shape index (κ1) is 15.2. The number of nitro benzene ring substituents is 1. The molecule has 1 aromatic carbocycles. The van der Waals surface area contributed by atoms with E-state index in [1.54, 1.807) is 11.9 Å². The second-order valence-electron chi connectivity index (χ2n) is 5.25. The van der Waals surface area contributed by atoms with Gasteiger partial charge in [0.2, 0.25) is 0 Å². The first-order valence-electron chi connectivity index (χ1n) is 6.87. The van der Waals surface area contributed by atoms with Crippen LogP contribution >= 0.6 is 0 Å². The molecule has 2 unspecified atom stereocenters. The van der Waals surface area contributed by atoms with Gasteiger partial charge in [0.25, 0.3) is 11.6 Å². The van der Waals surface area contributed by atoms with Crippen LogP contribution in [0.5, 0.6) is 0 Å². The average Bonchev–Trinajstić information content (AvgIpc) is 2.86. The van der Waals surface area contributed by atoms with Gasteiger partial charge in [-0.1, -0.05) is 6.92 Å². The van der Waals surface area contributed by atoms with Crippen molar-refractivity contribution in [2.24, 2.45) is 5.92 Å². The van der Waals surface area contributed by atoms with Crippen molar-refractivity contribution in [2.45, 2.75) is 19.4 Å². The Morgan fingerprint density at radius 1 is 1.57 bits per heavy atom. The van der Waals surface area contributed by atoms with E-state index in [-0.39, 0.29) is 30.2 Å². The van der Waals surface area contributed by atoms with E-state index >= 15 is 0 Å². The number of nitro groups is 1. The molecule has 21 heavy (non-hydrogen) atoms. The summed E-state index contributed by atoms with van der Waals surface area (Å²) in [6, 6.07) is 4.08. The maximum atomic E-state index is 12.5. The Balaban J connectivity index is 2.30. The number of nitrogens with one attached hydrogen (secondary N) is 1. The molecule has 0 spiro atoms. The molecule has 2 rings (SSSR count). The first-order chi connectivity index (χ1) is 9.99. The fourth-order valence-corrected chi connectivity index (χ4v) is 2.73. The average molecular weight is 293 g/mol. The van der Waals surface area contributed by atoms with Crippen molar-refractivity contribution in [3.63, 3.8) is 0 Å². The van der Waals surface area contributed by atoms with Gasteiger partial charge in [0, 0.05) is 25.2 Å². The molecule has 1 heterocycles. The van der Waals surface area contributed by atoms with E-state index in [2.05, 4.69) is 5.32 Å². The number of carbonyl (C=O) groups is 1. The summed E-state index contributed by atoms with van der Waals surface area (Å²) in [4.78, 5) is 24.6. The third-order valence-corrected chi connectivity index (χ3v) is 4.04. The van der Waals surface area contributed by atoms with E-state index in [1.807, 2.05) is 6.92 Å². The largest absolute Gasteiger partial charge is 0.394 e. The molecule has 1 fully saturated rings. The van der Waals surface area contributed by atoms with Crippen molar-refractivity contribution < 1.29 is 14.8 Å². The van der Waals surface area contributed by atoms with E-state index in [0.717, 1.165) is 6.42 Å². The zero-order chi connectivity index (χ0) is 15.6. The minimum atomic E-state index is -0.492. The summed E-state index contributed by atoms with van der Waals surface area (Å²) in [7, 11) is 1.57. The molecule has 7 heteroatoms. The van der Waals surface area contributed by atoms with Crippen LogP contribution in [0.15, 0.2) is 18.2 Å². The molecule has 0 aromatic heterocycles. The Bertz CT molecular complexity index is 561. The van der Waals surface area contributed by atoms with Gasteiger partial charge in [0.15, 0.2) is 0 Å². The zero-order valence-electron chi connectivity index (χ0n) is 12.1. The van der Waals surface area contributed by atoms with Gasteiger partial charge in [-0.05, 0) is 24.5 Å². The monoisotopic (exact) mass is 293 g/mol. The van der Waals surface area contributed by atoms with Crippen molar-refractivity contribution >= 4 is 17.3 Å². The summed E-state index contributed by atoms with van der Waals surface area (Å²) in [5.74, 6) is 0.0468. The van der Waals surface area contributed by atoms with E-state index in [4.69, 9.17) is 0 Å². The molecule has 7 nitrogen and oxygen atoms in total. The van der Waals surface area contributed by atoms with Crippen LogP contribution in [0.25, 0.3) is 0 Å². The molecular weight excluding hydrogens is 274 g/mol. The van der Waals surface area contributed by atoms with E-state index in [1.165, 1.54) is 18.2 Å². The maximum absolute atomic E-state index is 12.5. The van der Waals surface area contributed by atoms with Crippen LogP contribution in [0.4, 0.5) is 11.4 Å². The lowest BCUT2D eigenvalue weighted by atomic mass is 10.0. The maximum Gasteiger partial charge on any atom is 0.292 e. The molecule has 1 aliphatic rings. The van der Waals surface area contributed by atoms with Crippen molar-refractivity contribution in [1.29, 1.82) is 0 Å². The second kappa shape index (κ2) is 6.09. The summed E-state index contributed by atoms with van der Waals surface area (Å²) in [5.41, 5.74) is 0.624. The summed E-state index contributed by atoms with van der Waals surface area (Å²) in [6.07, 6.45) is 0.850. The highest BCUT2D eigenvalue weighted by atomic mass is 16.6. The number of amides is 1. The zero-order valence-corrected chi connectivity index (χ0v) is 12.1. The molecule has 0 saturated carbocycles. The molecule has 0 bridgehead atoms. The van der Waals surface area contributed by atoms with Crippen molar-refractivity contribution in [1.82, 2.24) is 4.90 Å². The van der Waals surface area contributed by atoms with Crippen LogP contribution in [-0.2, 0) is 0 Å². The normalized spacial score (nSPS) is 21.4. The third-order valence-electron chi connectivity index (χ3n) is 4.04. The second-order valence-corrected chi connectivity index (χ2v) is 5.25. The van der Waals surface area contributed by atoms with Gasteiger partial charge >= 0.3 is 0 Å². The van der Waals surface area contributed by atoms with E-state index in [9.17, 15) is 20.0 Å². The summed E-state index contributed by atoms with van der Waals surface area (Å²) in [6.45, 7) is 2.53. The van der Waals surface area contributed by atoms with Crippen LogP contribution in [0.3, 0.4) is 0 Å². The number of likely N-dealkylation sites (tertiary alicyclic amines) is 1. The Labute approximate surface area is 122 Å². The van der Waals surface area contributed by atoms with E-state index in [0.29, 0.717) is 17.8 Å². The molecule has 1 amide bonds. The number of aliphatic hydroxyl groups excluding tert-OH is 1. The SMILES string of the molecule is CNc1cc(C(=O)N2CCC(C)C2CO)ccc1[N+](=O)[O-]. The van der Waals surface area contributed by atoms with Crippen LogP contribution in [0.2, 0.25) is 0 Å². The van der Waals surface area contributed by atoms with Gasteiger partial charge in [-0.2, -0.15) is 0 Å². The Kier molecular flexibility index (Phi) is 4.42. The van der Waals surface area contributed by atoms with Gasteiger partial charge in [0.05, 0.1) is 17.6 Å². The summed E-state index contributed by atoms with van der Waals surface area (Å²) in [5, 5.41) is 23.1. The van der Waals surface area contributed by atoms with Gasteiger partial charge < -0.3 is 15.3 Å². The highest BCUT2D eigenvalue weighted by Gasteiger charge is 2.34. The van der Waals surface area contributed by atoms with Gasteiger partial charge in [0.1, 0.15) is 5.69 Å². The topological polar surface area (TPSA) is 95.7 Å².